The number of aromatic carboxylic acids is 1. The Labute approximate surface area is 199 Å². The maximum atomic E-state index is 12.3. The molecule has 170 valence electrons. The number of hydrogen-bond acceptors (Lipinski definition) is 4. The molecule has 0 saturated heterocycles. The zero-order valence-corrected chi connectivity index (χ0v) is 19.7. The predicted molar refractivity (Wildman–Crippen MR) is 134 cm³/mol. The van der Waals surface area contributed by atoms with Gasteiger partial charge in [0.1, 0.15) is 4.88 Å². The monoisotopic (exact) mass is 458 g/mol. The van der Waals surface area contributed by atoms with Gasteiger partial charge in [-0.1, -0.05) is 55.7 Å². The van der Waals surface area contributed by atoms with E-state index in [1.807, 2.05) is 36.7 Å². The summed E-state index contributed by atoms with van der Waals surface area (Å²) in [4.78, 5) is 20.6. The zero-order valence-electron chi connectivity index (χ0n) is 18.9. The van der Waals surface area contributed by atoms with Crippen molar-refractivity contribution >= 4 is 22.9 Å². The number of nitrogens with zero attached hydrogens (tertiary/aromatic N) is 2. The van der Waals surface area contributed by atoms with Gasteiger partial charge in [-0.05, 0) is 59.6 Å². The van der Waals surface area contributed by atoms with E-state index in [9.17, 15) is 9.90 Å². The van der Waals surface area contributed by atoms with Gasteiger partial charge in [-0.15, -0.1) is 11.3 Å². The van der Waals surface area contributed by atoms with Crippen LogP contribution in [0.4, 0.5) is 0 Å². The number of rotatable bonds is 6. The lowest BCUT2D eigenvalue weighted by Gasteiger charge is -2.36. The fourth-order valence-corrected chi connectivity index (χ4v) is 6.41. The number of benzene rings is 1. The highest BCUT2D eigenvalue weighted by atomic mass is 32.1. The smallest absolute Gasteiger partial charge is 0.346 e. The van der Waals surface area contributed by atoms with Crippen LogP contribution < -0.4 is 0 Å². The van der Waals surface area contributed by atoms with Crippen LogP contribution in [-0.4, -0.2) is 34.0 Å². The molecule has 1 saturated carbocycles. The van der Waals surface area contributed by atoms with Crippen molar-refractivity contribution in [3.8, 4) is 10.4 Å². The lowest BCUT2D eigenvalue weighted by molar-refractivity contribution is 0.0702. The minimum atomic E-state index is -0.814. The maximum Gasteiger partial charge on any atom is 0.346 e. The van der Waals surface area contributed by atoms with Crippen molar-refractivity contribution in [2.75, 3.05) is 13.1 Å². The highest BCUT2D eigenvalue weighted by molar-refractivity contribution is 7.17. The highest BCUT2D eigenvalue weighted by Crippen LogP contribution is 2.43. The second kappa shape index (κ2) is 10.0. The van der Waals surface area contributed by atoms with Crippen molar-refractivity contribution in [3.63, 3.8) is 0 Å². The minimum Gasteiger partial charge on any atom is -0.477 e. The lowest BCUT2D eigenvalue weighted by Crippen LogP contribution is -2.34. The number of carboxylic acids is 1. The molecule has 0 bridgehead atoms. The lowest BCUT2D eigenvalue weighted by atomic mass is 9.78. The molecule has 5 rings (SSSR count). The Bertz CT molecular complexity index is 1130. The van der Waals surface area contributed by atoms with Gasteiger partial charge >= 0.3 is 5.97 Å². The minimum absolute atomic E-state index is 0.484. The average Bonchev–Trinajstić information content (AvgIpc) is 3.32. The molecule has 1 aliphatic heterocycles. The van der Waals surface area contributed by atoms with Crippen molar-refractivity contribution in [2.45, 2.75) is 45.1 Å². The summed E-state index contributed by atoms with van der Waals surface area (Å²) in [6.07, 6.45) is 11.0. The molecular formula is C28H30N2O2S. The molecular weight excluding hydrogens is 428 g/mol. The summed E-state index contributed by atoms with van der Waals surface area (Å²) in [5.74, 6) is -0.252. The van der Waals surface area contributed by atoms with Gasteiger partial charge in [0.15, 0.2) is 0 Å². The predicted octanol–water partition coefficient (Wildman–Crippen LogP) is 6.75. The number of carbonyl (C=O) groups is 1. The summed E-state index contributed by atoms with van der Waals surface area (Å²) < 4.78 is 0. The zero-order chi connectivity index (χ0) is 22.6. The van der Waals surface area contributed by atoms with E-state index in [0.29, 0.717) is 10.8 Å². The van der Waals surface area contributed by atoms with E-state index in [4.69, 9.17) is 0 Å². The second-order valence-corrected chi connectivity index (χ2v) is 10.2. The van der Waals surface area contributed by atoms with Crippen LogP contribution in [-0.2, 0) is 6.54 Å². The molecule has 33 heavy (non-hydrogen) atoms. The Balaban J connectivity index is 1.53. The van der Waals surface area contributed by atoms with Crippen LogP contribution in [0.15, 0.2) is 66.5 Å². The molecule has 3 aromatic rings. The standard InChI is InChI=1S/C28H30N2O2S/c31-28(32)27-24(16-26(33-27)22-11-5-2-6-12-22)23-13-15-30(18-20-8-7-14-29-17-20)19-25(23)21-9-3-1-4-10-21/h2,5-8,11-12,14,16-17,21H,1,3-4,9-10,13,15,18-19H2,(H,31,32). The van der Waals surface area contributed by atoms with Crippen molar-refractivity contribution in [3.05, 3.63) is 82.5 Å². The molecule has 1 fully saturated rings. The third-order valence-corrected chi connectivity index (χ3v) is 8.17. The van der Waals surface area contributed by atoms with Gasteiger partial charge in [-0.25, -0.2) is 4.79 Å². The van der Waals surface area contributed by atoms with Gasteiger partial charge in [0.2, 0.25) is 0 Å². The molecule has 0 unspecified atom stereocenters. The number of aromatic nitrogens is 1. The molecule has 0 atom stereocenters. The van der Waals surface area contributed by atoms with E-state index in [1.165, 1.54) is 60.2 Å². The molecule has 5 heteroatoms. The Morgan fingerprint density at radius 1 is 1.09 bits per heavy atom. The van der Waals surface area contributed by atoms with Gasteiger partial charge in [0.25, 0.3) is 0 Å². The quantitative estimate of drug-likeness (QED) is 0.444. The Hall–Kier alpha value is -2.76. The van der Waals surface area contributed by atoms with Gasteiger partial charge < -0.3 is 5.11 Å². The van der Waals surface area contributed by atoms with Gasteiger partial charge in [-0.2, -0.15) is 0 Å². The normalized spacial score (nSPS) is 17.9. The first-order chi connectivity index (χ1) is 16.2. The van der Waals surface area contributed by atoms with Crippen molar-refractivity contribution in [2.24, 2.45) is 5.92 Å². The molecule has 2 aliphatic rings. The van der Waals surface area contributed by atoms with Gasteiger partial charge in [0, 0.05) is 42.5 Å². The SMILES string of the molecule is O=C(O)c1sc(-c2ccccc2)cc1C1=C(C2CCCCC2)CN(Cc2cccnc2)CC1. The van der Waals surface area contributed by atoms with Crippen molar-refractivity contribution in [1.82, 2.24) is 9.88 Å². The Morgan fingerprint density at radius 3 is 2.64 bits per heavy atom. The van der Waals surface area contributed by atoms with Crippen LogP contribution in [0.3, 0.4) is 0 Å². The van der Waals surface area contributed by atoms with Crippen molar-refractivity contribution < 1.29 is 9.90 Å². The van der Waals surface area contributed by atoms with E-state index in [0.717, 1.165) is 42.1 Å². The summed E-state index contributed by atoms with van der Waals surface area (Å²) in [7, 11) is 0. The Kier molecular flexibility index (Phi) is 6.70. The summed E-state index contributed by atoms with van der Waals surface area (Å²) in [6, 6.07) is 16.4. The van der Waals surface area contributed by atoms with E-state index < -0.39 is 5.97 Å². The molecule has 1 aliphatic carbocycles. The summed E-state index contributed by atoms with van der Waals surface area (Å²) >= 11 is 1.41. The van der Waals surface area contributed by atoms with E-state index in [-0.39, 0.29) is 0 Å². The molecule has 0 spiro atoms. The Morgan fingerprint density at radius 2 is 1.91 bits per heavy atom. The number of pyridine rings is 1. The molecule has 2 aromatic heterocycles. The highest BCUT2D eigenvalue weighted by Gasteiger charge is 2.30. The topological polar surface area (TPSA) is 53.4 Å². The fraction of sp³-hybridized carbons (Fsp3) is 0.357. The third kappa shape index (κ3) is 4.94. The first-order valence-electron chi connectivity index (χ1n) is 11.9. The van der Waals surface area contributed by atoms with E-state index in [2.05, 4.69) is 34.1 Å². The fourth-order valence-electron chi connectivity index (χ4n) is 5.38. The van der Waals surface area contributed by atoms with Gasteiger partial charge in [0.05, 0.1) is 0 Å². The van der Waals surface area contributed by atoms with E-state index >= 15 is 0 Å². The first kappa shape index (κ1) is 22.1. The van der Waals surface area contributed by atoms with Crippen molar-refractivity contribution in [1.29, 1.82) is 0 Å². The van der Waals surface area contributed by atoms with E-state index in [1.54, 1.807) is 0 Å². The summed E-state index contributed by atoms with van der Waals surface area (Å²) in [6.45, 7) is 2.75. The van der Waals surface area contributed by atoms with Crippen LogP contribution in [0.1, 0.15) is 59.3 Å². The molecule has 1 N–H and O–H groups in total. The molecule has 4 nitrogen and oxygen atoms in total. The second-order valence-electron chi connectivity index (χ2n) is 9.19. The van der Waals surface area contributed by atoms with Crippen LogP contribution >= 0.6 is 11.3 Å². The maximum absolute atomic E-state index is 12.3. The average molecular weight is 459 g/mol. The van der Waals surface area contributed by atoms with Crippen LogP contribution in [0.2, 0.25) is 0 Å². The summed E-state index contributed by atoms with van der Waals surface area (Å²) in [5.41, 5.74) is 6.04. The molecule has 0 amide bonds. The van der Waals surface area contributed by atoms with Crippen LogP contribution in [0, 0.1) is 5.92 Å². The molecule has 3 heterocycles. The number of hydrogen-bond donors (Lipinski definition) is 1. The molecule has 1 aromatic carbocycles. The van der Waals surface area contributed by atoms with Crippen LogP contribution in [0.5, 0.6) is 0 Å². The molecule has 0 radical (unpaired) electrons. The number of thiophene rings is 1. The summed E-state index contributed by atoms with van der Waals surface area (Å²) in [5, 5.41) is 10.1. The van der Waals surface area contributed by atoms with Gasteiger partial charge in [-0.3, -0.25) is 9.88 Å². The first-order valence-corrected chi connectivity index (χ1v) is 12.8. The van der Waals surface area contributed by atoms with Crippen LogP contribution in [0.25, 0.3) is 16.0 Å². The number of carboxylic acid groups (broad SMARTS) is 1. The third-order valence-electron chi connectivity index (χ3n) is 7.00. The largest absolute Gasteiger partial charge is 0.477 e.